The van der Waals surface area contributed by atoms with Crippen LogP contribution in [0.5, 0.6) is 5.75 Å². The highest BCUT2D eigenvalue weighted by molar-refractivity contribution is 7.22. The van der Waals surface area contributed by atoms with Gasteiger partial charge in [0.1, 0.15) is 11.3 Å². The number of anilines is 1. The zero-order valence-corrected chi connectivity index (χ0v) is 11.0. The normalized spacial score (nSPS) is 11.5. The average molecular weight is 259 g/mol. The van der Waals surface area contributed by atoms with Crippen molar-refractivity contribution in [3.8, 4) is 5.75 Å². The first-order chi connectivity index (χ1) is 8.65. The van der Waals surface area contributed by atoms with E-state index in [0.717, 1.165) is 26.9 Å². The zero-order valence-electron chi connectivity index (χ0n) is 10.2. The number of benzene rings is 1. The maximum absolute atomic E-state index is 5.82. The Morgan fingerprint density at radius 1 is 1.33 bits per heavy atom. The van der Waals surface area contributed by atoms with Gasteiger partial charge in [-0.1, -0.05) is 11.3 Å². The monoisotopic (exact) mass is 259 g/mol. The third-order valence-electron chi connectivity index (χ3n) is 2.59. The highest BCUT2D eigenvalue weighted by Crippen LogP contribution is 2.35. The molecule has 0 atom stereocenters. The van der Waals surface area contributed by atoms with Gasteiger partial charge >= 0.3 is 0 Å². The van der Waals surface area contributed by atoms with Crippen molar-refractivity contribution in [3.05, 3.63) is 24.4 Å². The summed E-state index contributed by atoms with van der Waals surface area (Å²) in [4.78, 5) is 8.75. The molecule has 0 amide bonds. The average Bonchev–Trinajstić information content (AvgIpc) is 2.69. The summed E-state index contributed by atoms with van der Waals surface area (Å²) >= 11 is 1.47. The van der Waals surface area contributed by atoms with Gasteiger partial charge in [-0.15, -0.1) is 0 Å². The largest absolute Gasteiger partial charge is 0.489 e. The molecule has 0 unspecified atom stereocenters. The summed E-state index contributed by atoms with van der Waals surface area (Å²) in [5.74, 6) is 0.789. The molecule has 2 aromatic heterocycles. The number of nitrogens with zero attached hydrogens (tertiary/aromatic N) is 2. The smallest absolute Gasteiger partial charge is 0.181 e. The van der Waals surface area contributed by atoms with Gasteiger partial charge in [-0.05, 0) is 26.0 Å². The number of hydrogen-bond acceptors (Lipinski definition) is 5. The second-order valence-electron chi connectivity index (χ2n) is 4.34. The van der Waals surface area contributed by atoms with Crippen molar-refractivity contribution in [3.63, 3.8) is 0 Å². The topological polar surface area (TPSA) is 61.0 Å². The van der Waals surface area contributed by atoms with Crippen molar-refractivity contribution in [2.24, 2.45) is 0 Å². The summed E-state index contributed by atoms with van der Waals surface area (Å²) in [6.45, 7) is 4.00. The predicted octanol–water partition coefficient (Wildman–Crippen LogP) is 3.21. The fourth-order valence-electron chi connectivity index (χ4n) is 1.96. The maximum atomic E-state index is 5.82. The first kappa shape index (κ1) is 11.2. The molecule has 0 saturated heterocycles. The lowest BCUT2D eigenvalue weighted by atomic mass is 10.2. The number of thiazole rings is 1. The van der Waals surface area contributed by atoms with E-state index < -0.39 is 0 Å². The van der Waals surface area contributed by atoms with E-state index in [1.54, 1.807) is 6.20 Å². The number of ether oxygens (including phenoxy) is 1. The molecule has 0 aliphatic heterocycles. The number of nitrogen functional groups attached to an aromatic ring is 1. The third-order valence-corrected chi connectivity index (χ3v) is 3.42. The van der Waals surface area contributed by atoms with Crippen LogP contribution in [0.4, 0.5) is 5.13 Å². The molecule has 0 bridgehead atoms. The first-order valence-corrected chi connectivity index (χ1v) is 6.57. The first-order valence-electron chi connectivity index (χ1n) is 5.75. The maximum Gasteiger partial charge on any atom is 0.181 e. The molecule has 0 radical (unpaired) electrons. The van der Waals surface area contributed by atoms with Crippen LogP contribution in [0.25, 0.3) is 21.1 Å². The Morgan fingerprint density at radius 3 is 2.94 bits per heavy atom. The van der Waals surface area contributed by atoms with Gasteiger partial charge in [0.25, 0.3) is 0 Å². The number of nitrogens with two attached hydrogens (primary N) is 1. The SMILES string of the molecule is CC(C)Oc1cc2sc(N)nc2c2cccnc12. The van der Waals surface area contributed by atoms with Crippen molar-refractivity contribution in [1.29, 1.82) is 0 Å². The number of aromatic nitrogens is 2. The van der Waals surface area contributed by atoms with Crippen molar-refractivity contribution >= 4 is 37.6 Å². The van der Waals surface area contributed by atoms with Gasteiger partial charge < -0.3 is 10.5 Å². The summed E-state index contributed by atoms with van der Waals surface area (Å²) in [5, 5.41) is 1.55. The van der Waals surface area contributed by atoms with Gasteiger partial charge in [-0.25, -0.2) is 4.98 Å². The second-order valence-corrected chi connectivity index (χ2v) is 5.40. The number of hydrogen-bond donors (Lipinski definition) is 1. The molecular weight excluding hydrogens is 246 g/mol. The van der Waals surface area contributed by atoms with E-state index in [1.807, 2.05) is 32.0 Å². The molecule has 4 nitrogen and oxygen atoms in total. The molecular formula is C13H13N3OS. The fraction of sp³-hybridized carbons (Fsp3) is 0.231. The summed E-state index contributed by atoms with van der Waals surface area (Å²) in [5.41, 5.74) is 7.52. The summed E-state index contributed by atoms with van der Waals surface area (Å²) in [7, 11) is 0. The van der Waals surface area contributed by atoms with Gasteiger partial charge in [-0.2, -0.15) is 0 Å². The van der Waals surface area contributed by atoms with Crippen LogP contribution >= 0.6 is 11.3 Å². The predicted molar refractivity (Wildman–Crippen MR) is 75.1 cm³/mol. The van der Waals surface area contributed by atoms with Crippen LogP contribution in [-0.4, -0.2) is 16.1 Å². The van der Waals surface area contributed by atoms with Gasteiger partial charge in [0, 0.05) is 17.6 Å². The van der Waals surface area contributed by atoms with Gasteiger partial charge in [0.15, 0.2) is 5.13 Å². The fourth-order valence-corrected chi connectivity index (χ4v) is 2.74. The lowest BCUT2D eigenvalue weighted by Crippen LogP contribution is -2.06. The molecule has 2 heterocycles. The Morgan fingerprint density at radius 2 is 2.17 bits per heavy atom. The number of rotatable bonds is 2. The van der Waals surface area contributed by atoms with Crippen molar-refractivity contribution < 1.29 is 4.74 Å². The summed E-state index contributed by atoms with van der Waals surface area (Å²) in [6, 6.07) is 5.87. The highest BCUT2D eigenvalue weighted by Gasteiger charge is 2.12. The molecule has 92 valence electrons. The van der Waals surface area contributed by atoms with Gasteiger partial charge in [-0.3, -0.25) is 4.98 Å². The van der Waals surface area contributed by atoms with E-state index >= 15 is 0 Å². The Hall–Kier alpha value is -1.88. The summed E-state index contributed by atoms with van der Waals surface area (Å²) in [6.07, 6.45) is 1.87. The zero-order chi connectivity index (χ0) is 12.7. The molecule has 18 heavy (non-hydrogen) atoms. The van der Waals surface area contributed by atoms with Crippen LogP contribution in [-0.2, 0) is 0 Å². The Bertz CT molecular complexity index is 721. The van der Waals surface area contributed by atoms with E-state index in [2.05, 4.69) is 9.97 Å². The Labute approximate surface area is 108 Å². The standard InChI is InChI=1S/C13H13N3OS/c1-7(2)17-9-6-10-12(16-13(14)18-10)8-4-3-5-15-11(8)9/h3-7H,1-2H3,(H2,14,16). The van der Waals surface area contributed by atoms with Gasteiger partial charge in [0.2, 0.25) is 0 Å². The molecule has 2 N–H and O–H groups in total. The molecule has 0 fully saturated rings. The molecule has 0 aliphatic rings. The van der Waals surface area contributed by atoms with E-state index in [0.29, 0.717) is 5.13 Å². The Balaban J connectivity index is 2.38. The molecule has 1 aromatic carbocycles. The molecule has 3 rings (SSSR count). The molecule has 0 spiro atoms. The minimum absolute atomic E-state index is 0.109. The van der Waals surface area contributed by atoms with Crippen LogP contribution in [0.1, 0.15) is 13.8 Å². The number of pyridine rings is 1. The van der Waals surface area contributed by atoms with E-state index in [9.17, 15) is 0 Å². The van der Waals surface area contributed by atoms with Crippen LogP contribution in [0.15, 0.2) is 24.4 Å². The lowest BCUT2D eigenvalue weighted by Gasteiger charge is -2.11. The highest BCUT2D eigenvalue weighted by atomic mass is 32.1. The third kappa shape index (κ3) is 1.76. The Kier molecular flexibility index (Phi) is 2.56. The number of fused-ring (bicyclic) bond motifs is 3. The van der Waals surface area contributed by atoms with Gasteiger partial charge in [0.05, 0.1) is 16.3 Å². The van der Waals surface area contributed by atoms with Crippen LogP contribution in [0.2, 0.25) is 0 Å². The van der Waals surface area contributed by atoms with Crippen molar-refractivity contribution in [1.82, 2.24) is 9.97 Å². The molecule has 0 aliphatic carbocycles. The minimum Gasteiger partial charge on any atom is -0.489 e. The second kappa shape index (κ2) is 4.10. The molecule has 0 saturated carbocycles. The van der Waals surface area contributed by atoms with E-state index in [1.165, 1.54) is 11.3 Å². The molecule has 3 aromatic rings. The van der Waals surface area contributed by atoms with Crippen LogP contribution < -0.4 is 10.5 Å². The van der Waals surface area contributed by atoms with Crippen molar-refractivity contribution in [2.45, 2.75) is 20.0 Å². The minimum atomic E-state index is 0.109. The lowest BCUT2D eigenvalue weighted by molar-refractivity contribution is 0.245. The van der Waals surface area contributed by atoms with Crippen LogP contribution in [0.3, 0.4) is 0 Å². The van der Waals surface area contributed by atoms with Crippen molar-refractivity contribution in [2.75, 3.05) is 5.73 Å². The van der Waals surface area contributed by atoms with E-state index in [4.69, 9.17) is 10.5 Å². The quantitative estimate of drug-likeness (QED) is 0.767. The molecule has 5 heteroatoms. The van der Waals surface area contributed by atoms with Crippen LogP contribution in [0, 0.1) is 0 Å². The summed E-state index contributed by atoms with van der Waals surface area (Å²) < 4.78 is 6.85. The van der Waals surface area contributed by atoms with E-state index in [-0.39, 0.29) is 6.10 Å².